The Morgan fingerprint density at radius 3 is 2.21 bits per heavy atom. The van der Waals surface area contributed by atoms with E-state index in [1.165, 1.54) is 0 Å². The lowest BCUT2D eigenvalue weighted by molar-refractivity contribution is -0.134. The smallest absolute Gasteiger partial charge is 0.296 e. The van der Waals surface area contributed by atoms with Gasteiger partial charge >= 0.3 is 0 Å². The molecule has 0 unspecified atom stereocenters. The molecule has 0 spiro atoms. The highest BCUT2D eigenvalue weighted by atomic mass is 28.4. The second-order valence-corrected chi connectivity index (χ2v) is 15.5. The Morgan fingerprint density at radius 2 is 1.68 bits per heavy atom. The standard InChI is InChI=1S/C14H24O3Si2/c1-18(2,3)16-13-9-7-8-12(10-13)11-14(15)17-19(4,5)6/h7-10H,11H2,1-6H3. The van der Waals surface area contributed by atoms with Crippen LogP contribution in [0.2, 0.25) is 39.3 Å². The molecule has 106 valence electrons. The number of carbonyl (C=O) groups excluding carboxylic acids is 1. The van der Waals surface area contributed by atoms with Gasteiger partial charge in [-0.3, -0.25) is 4.79 Å². The number of hydrogen-bond donors (Lipinski definition) is 0. The second kappa shape index (κ2) is 5.92. The summed E-state index contributed by atoms with van der Waals surface area (Å²) in [5.41, 5.74) is 0.944. The number of carbonyl (C=O) groups is 1. The van der Waals surface area contributed by atoms with Crippen LogP contribution in [0.4, 0.5) is 0 Å². The summed E-state index contributed by atoms with van der Waals surface area (Å²) in [5, 5.41) is 0. The van der Waals surface area contributed by atoms with Crippen LogP contribution in [0.15, 0.2) is 24.3 Å². The van der Waals surface area contributed by atoms with Gasteiger partial charge < -0.3 is 8.85 Å². The highest BCUT2D eigenvalue weighted by Gasteiger charge is 2.20. The maximum Gasteiger partial charge on any atom is 0.296 e. The quantitative estimate of drug-likeness (QED) is 0.775. The van der Waals surface area contributed by atoms with Crippen molar-refractivity contribution in [3.63, 3.8) is 0 Å². The number of hydrogen-bond acceptors (Lipinski definition) is 3. The minimum atomic E-state index is -1.80. The second-order valence-electron chi connectivity index (χ2n) is 6.63. The van der Waals surface area contributed by atoms with Gasteiger partial charge in [-0.1, -0.05) is 12.1 Å². The van der Waals surface area contributed by atoms with Gasteiger partial charge in [-0.15, -0.1) is 0 Å². The molecule has 0 aliphatic rings. The van der Waals surface area contributed by atoms with Crippen LogP contribution in [0.1, 0.15) is 5.56 Å². The molecule has 1 aromatic rings. The lowest BCUT2D eigenvalue weighted by Crippen LogP contribution is -2.30. The Bertz CT molecular complexity index is 445. The molecule has 0 N–H and O–H groups in total. The zero-order chi connectivity index (χ0) is 14.7. The minimum Gasteiger partial charge on any atom is -0.544 e. The highest BCUT2D eigenvalue weighted by molar-refractivity contribution is 6.71. The molecule has 0 aliphatic heterocycles. The van der Waals surface area contributed by atoms with Gasteiger partial charge in [-0.25, -0.2) is 0 Å². The molecule has 0 saturated carbocycles. The van der Waals surface area contributed by atoms with E-state index < -0.39 is 16.6 Å². The summed E-state index contributed by atoms with van der Waals surface area (Å²) in [6.45, 7) is 12.4. The van der Waals surface area contributed by atoms with Gasteiger partial charge in [0.15, 0.2) is 0 Å². The summed E-state index contributed by atoms with van der Waals surface area (Å²) in [4.78, 5) is 11.8. The van der Waals surface area contributed by atoms with Gasteiger partial charge in [-0.05, 0) is 57.0 Å². The van der Waals surface area contributed by atoms with Gasteiger partial charge in [0.2, 0.25) is 16.6 Å². The average molecular weight is 297 g/mol. The summed E-state index contributed by atoms with van der Waals surface area (Å²) < 4.78 is 11.4. The van der Waals surface area contributed by atoms with Crippen molar-refractivity contribution < 1.29 is 13.6 Å². The molecule has 0 saturated heterocycles. The Labute approximate surface area is 118 Å². The number of benzene rings is 1. The molecule has 1 rings (SSSR count). The SMILES string of the molecule is C[Si](C)(C)OC(=O)Cc1cccc(O[Si](C)(C)C)c1. The molecule has 19 heavy (non-hydrogen) atoms. The van der Waals surface area contributed by atoms with E-state index in [-0.39, 0.29) is 5.97 Å². The van der Waals surface area contributed by atoms with Crippen LogP contribution in [0.5, 0.6) is 5.75 Å². The summed E-state index contributed by atoms with van der Waals surface area (Å²) in [6, 6.07) is 7.73. The van der Waals surface area contributed by atoms with E-state index in [1.54, 1.807) is 0 Å². The van der Waals surface area contributed by atoms with Crippen LogP contribution >= 0.6 is 0 Å². The minimum absolute atomic E-state index is 0.149. The van der Waals surface area contributed by atoms with Gasteiger partial charge in [0.1, 0.15) is 5.75 Å². The lowest BCUT2D eigenvalue weighted by atomic mass is 10.1. The fourth-order valence-corrected chi connectivity index (χ4v) is 3.21. The summed E-state index contributed by atoms with van der Waals surface area (Å²) in [7, 11) is -3.41. The molecule has 0 radical (unpaired) electrons. The lowest BCUT2D eigenvalue weighted by Gasteiger charge is -2.20. The van der Waals surface area contributed by atoms with Crippen molar-refractivity contribution in [2.75, 3.05) is 0 Å². The fourth-order valence-electron chi connectivity index (χ4n) is 1.62. The van der Waals surface area contributed by atoms with Crippen molar-refractivity contribution in [2.45, 2.75) is 45.7 Å². The van der Waals surface area contributed by atoms with Crippen molar-refractivity contribution in [3.8, 4) is 5.75 Å². The van der Waals surface area contributed by atoms with Gasteiger partial charge in [-0.2, -0.15) is 0 Å². The van der Waals surface area contributed by atoms with Gasteiger partial charge in [0, 0.05) is 0 Å². The predicted molar refractivity (Wildman–Crippen MR) is 83.6 cm³/mol. The zero-order valence-electron chi connectivity index (χ0n) is 12.7. The molecule has 0 aliphatic carbocycles. The van der Waals surface area contributed by atoms with Crippen molar-refractivity contribution in [1.29, 1.82) is 0 Å². The topological polar surface area (TPSA) is 35.5 Å². The van der Waals surface area contributed by atoms with E-state index >= 15 is 0 Å². The first-order chi connectivity index (χ1) is 8.55. The van der Waals surface area contributed by atoms with E-state index in [0.29, 0.717) is 6.42 Å². The first-order valence-corrected chi connectivity index (χ1v) is 13.4. The molecule has 5 heteroatoms. The van der Waals surface area contributed by atoms with E-state index in [1.807, 2.05) is 43.9 Å². The molecule has 0 bridgehead atoms. The van der Waals surface area contributed by atoms with Crippen molar-refractivity contribution in [1.82, 2.24) is 0 Å². The largest absolute Gasteiger partial charge is 0.544 e. The molecule has 0 amide bonds. The Morgan fingerprint density at radius 1 is 1.05 bits per heavy atom. The van der Waals surface area contributed by atoms with E-state index in [0.717, 1.165) is 11.3 Å². The van der Waals surface area contributed by atoms with Gasteiger partial charge in [0.05, 0.1) is 6.42 Å². The van der Waals surface area contributed by atoms with Crippen LogP contribution in [0, 0.1) is 0 Å². The maximum atomic E-state index is 11.8. The highest BCUT2D eigenvalue weighted by Crippen LogP contribution is 2.18. The van der Waals surface area contributed by atoms with Crippen molar-refractivity contribution >= 4 is 22.6 Å². The van der Waals surface area contributed by atoms with Crippen molar-refractivity contribution in [3.05, 3.63) is 29.8 Å². The molecule has 0 fully saturated rings. The van der Waals surface area contributed by atoms with Crippen LogP contribution in [-0.4, -0.2) is 22.6 Å². The Hall–Kier alpha value is -1.08. The molecular formula is C14H24O3Si2. The summed E-state index contributed by atoms with van der Waals surface area (Å²) >= 11 is 0. The summed E-state index contributed by atoms with van der Waals surface area (Å²) in [5.74, 6) is 0.696. The van der Waals surface area contributed by atoms with E-state index in [9.17, 15) is 4.79 Å². The molecule has 0 aromatic heterocycles. The normalized spacial score (nSPS) is 12.1. The number of rotatable bonds is 5. The van der Waals surface area contributed by atoms with E-state index in [4.69, 9.17) is 8.85 Å². The molecule has 3 nitrogen and oxygen atoms in total. The van der Waals surface area contributed by atoms with Crippen LogP contribution in [-0.2, 0) is 15.6 Å². The first-order valence-electron chi connectivity index (χ1n) is 6.55. The third-order valence-electron chi connectivity index (χ3n) is 2.09. The molecule has 0 heterocycles. The zero-order valence-corrected chi connectivity index (χ0v) is 14.7. The average Bonchev–Trinajstić information content (AvgIpc) is 2.11. The predicted octanol–water partition coefficient (Wildman–Crippen LogP) is 3.82. The Balaban J connectivity index is 2.70. The summed E-state index contributed by atoms with van der Waals surface area (Å²) in [6.07, 6.45) is 0.313. The third-order valence-corrected chi connectivity index (χ3v) is 3.78. The molecule has 0 atom stereocenters. The van der Waals surface area contributed by atoms with Gasteiger partial charge in [0.25, 0.3) is 5.97 Å². The molecule has 1 aromatic carbocycles. The first kappa shape index (κ1) is 16.0. The van der Waals surface area contributed by atoms with Crippen LogP contribution < -0.4 is 4.43 Å². The van der Waals surface area contributed by atoms with Crippen LogP contribution in [0.3, 0.4) is 0 Å². The monoisotopic (exact) mass is 296 g/mol. The Kier molecular flexibility index (Phi) is 4.98. The maximum absolute atomic E-state index is 11.8. The fraction of sp³-hybridized carbons (Fsp3) is 0.500. The third kappa shape index (κ3) is 7.17. The van der Waals surface area contributed by atoms with Crippen LogP contribution in [0.25, 0.3) is 0 Å². The van der Waals surface area contributed by atoms with Crippen molar-refractivity contribution in [2.24, 2.45) is 0 Å². The molecular weight excluding hydrogens is 272 g/mol. The van der Waals surface area contributed by atoms with E-state index in [2.05, 4.69) is 19.6 Å².